The number of primary amides is 1. The summed E-state index contributed by atoms with van der Waals surface area (Å²) in [6.07, 6.45) is 0. The van der Waals surface area contributed by atoms with Gasteiger partial charge in [0.25, 0.3) is 15.7 Å². The summed E-state index contributed by atoms with van der Waals surface area (Å²) in [4.78, 5) is 22.8. The van der Waals surface area contributed by atoms with Gasteiger partial charge in [-0.05, 0) is 29.8 Å². The van der Waals surface area contributed by atoms with Gasteiger partial charge in [0.2, 0.25) is 5.91 Å². The molecule has 0 aliphatic rings. The Balaban J connectivity index is 2.24. The van der Waals surface area contributed by atoms with Gasteiger partial charge in [-0.25, -0.2) is 8.42 Å². The summed E-state index contributed by atoms with van der Waals surface area (Å²) < 4.78 is 60.1. The Morgan fingerprint density at radius 1 is 0.962 bits per heavy atom. The predicted octanol–water partition coefficient (Wildman–Crippen LogP) is 1.94. The topological polar surface area (TPSA) is 106 Å². The molecule has 0 saturated heterocycles. The molecule has 0 fully saturated rings. The first-order chi connectivity index (χ1) is 12.0. The zero-order chi connectivity index (χ0) is 19.5. The molecule has 10 heteroatoms. The first kappa shape index (κ1) is 19.4. The minimum atomic E-state index is -5.50. The Bertz CT molecular complexity index is 911. The average Bonchev–Trinajstić information content (AvgIpc) is 2.59. The van der Waals surface area contributed by atoms with Crippen molar-refractivity contribution in [2.24, 2.45) is 5.73 Å². The van der Waals surface area contributed by atoms with Crippen molar-refractivity contribution in [2.45, 2.75) is 16.4 Å². The molecule has 2 amide bonds. The maximum Gasteiger partial charge on any atom is 0.501 e. The Morgan fingerprint density at radius 2 is 1.50 bits per heavy atom. The summed E-state index contributed by atoms with van der Waals surface area (Å²) in [6, 6.07) is 10.1. The van der Waals surface area contributed by atoms with Gasteiger partial charge in [0.05, 0.1) is 4.90 Å². The van der Waals surface area contributed by atoms with Gasteiger partial charge in [-0.1, -0.05) is 30.3 Å². The molecule has 2 aromatic carbocycles. The zero-order valence-corrected chi connectivity index (χ0v) is 13.8. The molecule has 0 unspecified atom stereocenters. The fraction of sp³-hybridized carbons (Fsp3) is 0.125. The highest BCUT2D eigenvalue weighted by atomic mass is 32.2. The van der Waals surface area contributed by atoms with Gasteiger partial charge in [0, 0.05) is 5.56 Å². The molecule has 0 aliphatic carbocycles. The quantitative estimate of drug-likeness (QED) is 0.819. The molecule has 1 atom stereocenters. The number of sulfone groups is 1. The van der Waals surface area contributed by atoms with Gasteiger partial charge in [0.1, 0.15) is 6.04 Å². The second-order valence-electron chi connectivity index (χ2n) is 5.19. The van der Waals surface area contributed by atoms with E-state index in [1.165, 1.54) is 0 Å². The van der Waals surface area contributed by atoms with Crippen molar-refractivity contribution in [1.29, 1.82) is 0 Å². The van der Waals surface area contributed by atoms with Crippen molar-refractivity contribution in [3.63, 3.8) is 0 Å². The minimum absolute atomic E-state index is 0.131. The summed E-state index contributed by atoms with van der Waals surface area (Å²) in [7, 11) is -5.50. The molecule has 0 aliphatic heterocycles. The van der Waals surface area contributed by atoms with E-state index in [0.717, 1.165) is 12.1 Å². The van der Waals surface area contributed by atoms with Crippen molar-refractivity contribution < 1.29 is 31.2 Å². The lowest BCUT2D eigenvalue weighted by molar-refractivity contribution is -0.120. The second kappa shape index (κ2) is 7.16. The van der Waals surface area contributed by atoms with E-state index >= 15 is 0 Å². The van der Waals surface area contributed by atoms with Crippen molar-refractivity contribution in [3.05, 3.63) is 65.7 Å². The van der Waals surface area contributed by atoms with Crippen LogP contribution < -0.4 is 11.1 Å². The van der Waals surface area contributed by atoms with Crippen molar-refractivity contribution in [2.75, 3.05) is 0 Å². The fourth-order valence-corrected chi connectivity index (χ4v) is 2.86. The van der Waals surface area contributed by atoms with Crippen LogP contribution in [0.3, 0.4) is 0 Å². The molecule has 0 bridgehead atoms. The molecule has 0 saturated carbocycles. The van der Waals surface area contributed by atoms with Gasteiger partial charge in [-0.3, -0.25) is 9.59 Å². The standard InChI is InChI=1S/C16H13F3N2O4S/c17-16(18,19)26(24,25)12-8-6-11(7-9-12)15(23)21-13(14(20)22)10-4-2-1-3-5-10/h1-9,13H,(H2,20,22)(H,21,23)/t13-/m0/s1. The predicted molar refractivity (Wildman–Crippen MR) is 85.5 cm³/mol. The number of hydrogen-bond donors (Lipinski definition) is 2. The number of rotatable bonds is 5. The van der Waals surface area contributed by atoms with Crippen molar-refractivity contribution in [1.82, 2.24) is 5.32 Å². The number of amides is 2. The molecule has 3 N–H and O–H groups in total. The van der Waals surface area contributed by atoms with E-state index in [0.29, 0.717) is 17.7 Å². The van der Waals surface area contributed by atoms with Gasteiger partial charge in [-0.15, -0.1) is 0 Å². The smallest absolute Gasteiger partial charge is 0.368 e. The van der Waals surface area contributed by atoms with Crippen molar-refractivity contribution in [3.8, 4) is 0 Å². The van der Waals surface area contributed by atoms with Crippen LogP contribution in [0.4, 0.5) is 13.2 Å². The third kappa shape index (κ3) is 4.02. The Hall–Kier alpha value is -2.88. The number of alkyl halides is 3. The van der Waals surface area contributed by atoms with E-state index < -0.39 is 38.1 Å². The Morgan fingerprint density at radius 3 is 1.96 bits per heavy atom. The van der Waals surface area contributed by atoms with Crippen LogP contribution in [-0.4, -0.2) is 25.7 Å². The van der Waals surface area contributed by atoms with Crippen LogP contribution in [0.15, 0.2) is 59.5 Å². The molecule has 138 valence electrons. The highest BCUT2D eigenvalue weighted by Gasteiger charge is 2.46. The number of halogens is 3. The van der Waals surface area contributed by atoms with Crippen LogP contribution in [-0.2, 0) is 14.6 Å². The van der Waals surface area contributed by atoms with E-state index in [4.69, 9.17) is 5.73 Å². The lowest BCUT2D eigenvalue weighted by Crippen LogP contribution is -2.37. The van der Waals surface area contributed by atoms with E-state index in [2.05, 4.69) is 5.32 Å². The van der Waals surface area contributed by atoms with E-state index in [1.807, 2.05) is 0 Å². The minimum Gasteiger partial charge on any atom is -0.368 e. The van der Waals surface area contributed by atoms with Crippen LogP contribution in [0.25, 0.3) is 0 Å². The SMILES string of the molecule is NC(=O)[C@@H](NC(=O)c1ccc(S(=O)(=O)C(F)(F)F)cc1)c1ccccc1. The Labute approximate surface area is 146 Å². The van der Waals surface area contributed by atoms with Crippen LogP contribution in [0.1, 0.15) is 22.0 Å². The average molecular weight is 386 g/mol. The summed E-state index contributed by atoms with van der Waals surface area (Å²) in [6.45, 7) is 0. The number of nitrogens with two attached hydrogens (primary N) is 1. The first-order valence-corrected chi connectivity index (χ1v) is 8.59. The normalized spacial score (nSPS) is 13.0. The molecule has 26 heavy (non-hydrogen) atoms. The molecule has 6 nitrogen and oxygen atoms in total. The third-order valence-electron chi connectivity index (χ3n) is 3.42. The summed E-state index contributed by atoms with van der Waals surface area (Å²) in [5, 5.41) is 2.35. The van der Waals surface area contributed by atoms with Crippen LogP contribution in [0.2, 0.25) is 0 Å². The number of carbonyl (C=O) groups excluding carboxylic acids is 2. The molecule has 0 radical (unpaired) electrons. The van der Waals surface area contributed by atoms with Crippen LogP contribution in [0, 0.1) is 0 Å². The molecule has 0 aromatic heterocycles. The molecule has 0 spiro atoms. The van der Waals surface area contributed by atoms with Crippen molar-refractivity contribution >= 4 is 21.7 Å². The molecular formula is C16H13F3N2O4S. The maximum atomic E-state index is 12.5. The number of hydrogen-bond acceptors (Lipinski definition) is 4. The molecule has 2 aromatic rings. The highest BCUT2D eigenvalue weighted by molar-refractivity contribution is 7.92. The van der Waals surface area contributed by atoms with Crippen LogP contribution >= 0.6 is 0 Å². The van der Waals surface area contributed by atoms with Gasteiger partial charge in [-0.2, -0.15) is 13.2 Å². The monoisotopic (exact) mass is 386 g/mol. The zero-order valence-electron chi connectivity index (χ0n) is 13.0. The first-order valence-electron chi connectivity index (χ1n) is 7.10. The number of nitrogens with one attached hydrogen (secondary N) is 1. The number of carbonyl (C=O) groups is 2. The van der Waals surface area contributed by atoms with Gasteiger partial charge < -0.3 is 11.1 Å². The maximum absolute atomic E-state index is 12.5. The fourth-order valence-electron chi connectivity index (χ4n) is 2.10. The van der Waals surface area contributed by atoms with Gasteiger partial charge in [0.15, 0.2) is 0 Å². The third-order valence-corrected chi connectivity index (χ3v) is 4.93. The molecule has 0 heterocycles. The van der Waals surface area contributed by atoms with E-state index in [-0.39, 0.29) is 5.56 Å². The summed E-state index contributed by atoms with van der Waals surface area (Å²) in [5.41, 5.74) is 0.113. The highest BCUT2D eigenvalue weighted by Crippen LogP contribution is 2.30. The van der Waals surface area contributed by atoms with Crippen LogP contribution in [0.5, 0.6) is 0 Å². The Kier molecular flexibility index (Phi) is 5.36. The molecular weight excluding hydrogens is 373 g/mol. The lowest BCUT2D eigenvalue weighted by atomic mass is 10.1. The summed E-state index contributed by atoms with van der Waals surface area (Å²) in [5.74, 6) is -1.63. The number of benzene rings is 2. The molecule has 2 rings (SSSR count). The van der Waals surface area contributed by atoms with Gasteiger partial charge >= 0.3 is 5.51 Å². The van der Waals surface area contributed by atoms with E-state index in [1.54, 1.807) is 30.3 Å². The second-order valence-corrected chi connectivity index (χ2v) is 7.13. The van der Waals surface area contributed by atoms with E-state index in [9.17, 15) is 31.2 Å². The lowest BCUT2D eigenvalue weighted by Gasteiger charge is -2.16. The largest absolute Gasteiger partial charge is 0.501 e. The summed E-state index contributed by atoms with van der Waals surface area (Å²) >= 11 is 0.